The lowest BCUT2D eigenvalue weighted by Crippen LogP contribution is -2.47. The van der Waals surface area contributed by atoms with Gasteiger partial charge >= 0.3 is 5.97 Å². The zero-order chi connectivity index (χ0) is 22.7. The number of fused-ring (bicyclic) bond motifs is 1. The molecule has 2 saturated heterocycles. The third-order valence-corrected chi connectivity index (χ3v) is 7.82. The van der Waals surface area contributed by atoms with E-state index in [4.69, 9.17) is 15.9 Å². The van der Waals surface area contributed by atoms with Crippen LogP contribution in [0.15, 0.2) is 23.9 Å². The van der Waals surface area contributed by atoms with Crippen LogP contribution in [0, 0.1) is 24.7 Å². The normalized spacial score (nSPS) is 21.9. The number of likely N-dealkylation sites (tertiary alicyclic amines) is 2. The molecule has 1 aromatic carbocycles. The van der Waals surface area contributed by atoms with Crippen molar-refractivity contribution in [3.05, 3.63) is 46.2 Å². The highest BCUT2D eigenvalue weighted by Crippen LogP contribution is 2.42. The number of rotatable bonds is 6. The first kappa shape index (κ1) is 22.8. The summed E-state index contributed by atoms with van der Waals surface area (Å²) in [6.45, 7) is 7.35. The van der Waals surface area contributed by atoms with Crippen LogP contribution in [0.1, 0.15) is 58.8 Å². The van der Waals surface area contributed by atoms with Gasteiger partial charge in [0.1, 0.15) is 6.61 Å². The Morgan fingerprint density at radius 3 is 2.59 bits per heavy atom. The average molecular weight is 439 g/mol. The van der Waals surface area contributed by atoms with Crippen LogP contribution in [0.5, 0.6) is 0 Å². The fourth-order valence-corrected chi connectivity index (χ4v) is 5.56. The summed E-state index contributed by atoms with van der Waals surface area (Å²) in [7, 11) is 1.77. The minimum Gasteiger partial charge on any atom is -0.457 e. The molecular formula is C26H34N2O4. The number of aliphatic hydroxyl groups is 1. The Labute approximate surface area is 191 Å². The molecule has 1 spiro atoms. The average Bonchev–Trinajstić information content (AvgIpc) is 3.20. The first-order valence-electron chi connectivity index (χ1n) is 11.6. The SMILES string of the molecule is C#C/C=C(\CO)N1CCC2(CCN(C[C@H](OC)c3ccc4c(c3C)COC4=O)CC2)CC1. The Kier molecular flexibility index (Phi) is 6.90. The van der Waals surface area contributed by atoms with Crippen LogP contribution in [0.25, 0.3) is 0 Å². The molecule has 0 radical (unpaired) electrons. The maximum atomic E-state index is 11.9. The molecular weight excluding hydrogens is 404 g/mol. The number of methoxy groups -OCH3 is 1. The van der Waals surface area contributed by atoms with Crippen molar-refractivity contribution in [1.82, 2.24) is 9.80 Å². The van der Waals surface area contributed by atoms with E-state index in [-0.39, 0.29) is 18.7 Å². The van der Waals surface area contributed by atoms with Gasteiger partial charge in [0.15, 0.2) is 0 Å². The minimum atomic E-state index is -0.225. The molecule has 0 aromatic heterocycles. The van der Waals surface area contributed by atoms with Gasteiger partial charge in [-0.1, -0.05) is 12.0 Å². The predicted molar refractivity (Wildman–Crippen MR) is 123 cm³/mol. The molecule has 0 unspecified atom stereocenters. The molecule has 2 fully saturated rings. The van der Waals surface area contributed by atoms with Crippen molar-refractivity contribution < 1.29 is 19.4 Å². The van der Waals surface area contributed by atoms with Crippen molar-refractivity contribution >= 4 is 5.97 Å². The number of hydrogen-bond acceptors (Lipinski definition) is 6. The van der Waals surface area contributed by atoms with Crippen molar-refractivity contribution in [3.8, 4) is 12.3 Å². The molecule has 3 aliphatic rings. The van der Waals surface area contributed by atoms with E-state index in [1.54, 1.807) is 13.2 Å². The predicted octanol–water partition coefficient (Wildman–Crippen LogP) is 3.04. The number of esters is 1. The van der Waals surface area contributed by atoms with Crippen LogP contribution in [-0.2, 0) is 16.1 Å². The zero-order valence-corrected chi connectivity index (χ0v) is 19.2. The molecule has 4 rings (SSSR count). The number of carbonyl (C=O) groups is 1. The Morgan fingerprint density at radius 1 is 1.28 bits per heavy atom. The second-order valence-electron chi connectivity index (χ2n) is 9.35. The van der Waals surface area contributed by atoms with Gasteiger partial charge in [0.2, 0.25) is 0 Å². The molecule has 1 atom stereocenters. The molecule has 32 heavy (non-hydrogen) atoms. The van der Waals surface area contributed by atoms with E-state index in [1.807, 2.05) is 12.1 Å². The largest absolute Gasteiger partial charge is 0.457 e. The van der Waals surface area contributed by atoms with Crippen LogP contribution >= 0.6 is 0 Å². The highest BCUT2D eigenvalue weighted by Gasteiger charge is 2.38. The highest BCUT2D eigenvalue weighted by molar-refractivity contribution is 5.93. The number of carbonyl (C=O) groups excluding carboxylic acids is 1. The fraction of sp³-hybridized carbons (Fsp3) is 0.577. The minimum absolute atomic E-state index is 0.00573. The topological polar surface area (TPSA) is 62.2 Å². The zero-order valence-electron chi connectivity index (χ0n) is 19.2. The van der Waals surface area contributed by atoms with Gasteiger partial charge in [-0.2, -0.15) is 0 Å². The molecule has 0 aliphatic carbocycles. The fourth-order valence-electron chi connectivity index (χ4n) is 5.56. The van der Waals surface area contributed by atoms with Gasteiger partial charge in [0.05, 0.1) is 18.3 Å². The summed E-state index contributed by atoms with van der Waals surface area (Å²) in [5.41, 5.74) is 5.21. The van der Waals surface area contributed by atoms with Crippen LogP contribution < -0.4 is 0 Å². The summed E-state index contributed by atoms with van der Waals surface area (Å²) >= 11 is 0. The van der Waals surface area contributed by atoms with Crippen molar-refractivity contribution in [2.75, 3.05) is 46.4 Å². The number of aliphatic hydroxyl groups excluding tert-OH is 1. The Balaban J connectivity index is 1.35. The van der Waals surface area contributed by atoms with Gasteiger partial charge in [-0.3, -0.25) is 0 Å². The van der Waals surface area contributed by atoms with E-state index in [0.717, 1.165) is 68.0 Å². The van der Waals surface area contributed by atoms with Gasteiger partial charge in [-0.05, 0) is 68.3 Å². The van der Waals surface area contributed by atoms with Crippen molar-refractivity contribution in [1.29, 1.82) is 0 Å². The molecule has 0 bridgehead atoms. The third-order valence-electron chi connectivity index (χ3n) is 7.82. The molecule has 0 amide bonds. The summed E-state index contributed by atoms with van der Waals surface area (Å²) in [6.07, 6.45) is 11.7. The van der Waals surface area contributed by atoms with Gasteiger partial charge in [-0.15, -0.1) is 6.42 Å². The molecule has 6 nitrogen and oxygen atoms in total. The second kappa shape index (κ2) is 9.66. The molecule has 6 heteroatoms. The molecule has 1 aromatic rings. The van der Waals surface area contributed by atoms with Crippen LogP contribution in [0.2, 0.25) is 0 Å². The first-order valence-corrected chi connectivity index (χ1v) is 11.6. The number of terminal acetylenes is 1. The quantitative estimate of drug-likeness (QED) is 0.544. The molecule has 0 saturated carbocycles. The van der Waals surface area contributed by atoms with Crippen LogP contribution in [0.4, 0.5) is 0 Å². The number of nitrogens with zero attached hydrogens (tertiary/aromatic N) is 2. The highest BCUT2D eigenvalue weighted by atomic mass is 16.5. The number of allylic oxidation sites excluding steroid dienone is 1. The van der Waals surface area contributed by atoms with E-state index in [0.29, 0.717) is 17.6 Å². The van der Waals surface area contributed by atoms with Gasteiger partial charge in [0.25, 0.3) is 0 Å². The summed E-state index contributed by atoms with van der Waals surface area (Å²) in [6, 6.07) is 3.91. The lowest BCUT2D eigenvalue weighted by molar-refractivity contribution is 0.0102. The lowest BCUT2D eigenvalue weighted by atomic mass is 9.71. The molecule has 1 N–H and O–H groups in total. The van der Waals surface area contributed by atoms with E-state index in [2.05, 4.69) is 22.6 Å². The number of cyclic esters (lactones) is 1. The Hall–Kier alpha value is -2.33. The summed E-state index contributed by atoms with van der Waals surface area (Å²) in [4.78, 5) is 16.6. The third kappa shape index (κ3) is 4.43. The molecule has 3 heterocycles. The lowest BCUT2D eigenvalue weighted by Gasteiger charge is -2.48. The maximum absolute atomic E-state index is 11.9. The van der Waals surface area contributed by atoms with Crippen LogP contribution in [-0.4, -0.2) is 67.3 Å². The van der Waals surface area contributed by atoms with Crippen molar-refractivity contribution in [3.63, 3.8) is 0 Å². The summed E-state index contributed by atoms with van der Waals surface area (Å²) in [5.74, 6) is 2.32. The monoisotopic (exact) mass is 438 g/mol. The van der Waals surface area contributed by atoms with Crippen LogP contribution in [0.3, 0.4) is 0 Å². The van der Waals surface area contributed by atoms with Gasteiger partial charge in [-0.25, -0.2) is 4.79 Å². The van der Waals surface area contributed by atoms with E-state index in [9.17, 15) is 9.90 Å². The summed E-state index contributed by atoms with van der Waals surface area (Å²) < 4.78 is 11.1. The first-order chi connectivity index (χ1) is 15.5. The Bertz CT molecular complexity index is 914. The number of benzene rings is 1. The van der Waals surface area contributed by atoms with E-state index >= 15 is 0 Å². The van der Waals surface area contributed by atoms with E-state index in [1.165, 1.54) is 12.8 Å². The maximum Gasteiger partial charge on any atom is 0.338 e. The second-order valence-corrected chi connectivity index (χ2v) is 9.35. The number of ether oxygens (including phenoxy) is 2. The standard InChI is InChI=1S/C26H34N2O4/c1-4-5-20(17-29)28-14-10-26(11-15-28)8-12-27(13-9-26)16-24(31-3)21-6-7-22-23(19(21)2)18-32-25(22)30/h1,5-7,24,29H,8-18H2,2-3H3/b20-5+/t24-/m0/s1. The molecule has 3 aliphatic heterocycles. The number of piperidine rings is 2. The molecule has 172 valence electrons. The van der Waals surface area contributed by atoms with Gasteiger partial charge < -0.3 is 24.4 Å². The van der Waals surface area contributed by atoms with Crippen molar-refractivity contribution in [2.24, 2.45) is 5.41 Å². The van der Waals surface area contributed by atoms with Crippen molar-refractivity contribution in [2.45, 2.75) is 45.3 Å². The number of hydrogen-bond donors (Lipinski definition) is 1. The van der Waals surface area contributed by atoms with Gasteiger partial charge in [0, 0.05) is 44.1 Å². The van der Waals surface area contributed by atoms with E-state index < -0.39 is 0 Å². The summed E-state index contributed by atoms with van der Waals surface area (Å²) in [5, 5.41) is 9.58. The smallest absolute Gasteiger partial charge is 0.338 e. The Morgan fingerprint density at radius 2 is 1.97 bits per heavy atom.